The van der Waals surface area contributed by atoms with E-state index in [1.54, 1.807) is 12.5 Å². The van der Waals surface area contributed by atoms with Crippen LogP contribution in [0.4, 0.5) is 0 Å². The average molecular weight is 363 g/mol. The summed E-state index contributed by atoms with van der Waals surface area (Å²) in [5.74, 6) is 1.60. The second-order valence-corrected chi connectivity index (χ2v) is 7.04. The van der Waals surface area contributed by atoms with Crippen LogP contribution in [-0.2, 0) is 6.54 Å². The summed E-state index contributed by atoms with van der Waals surface area (Å²) in [5, 5.41) is 0. The normalized spacial score (nSPS) is 12.2. The van der Waals surface area contributed by atoms with Gasteiger partial charge in [-0.3, -0.25) is 4.79 Å². The van der Waals surface area contributed by atoms with Gasteiger partial charge in [0.25, 0.3) is 5.91 Å². The molecule has 5 nitrogen and oxygen atoms in total. The first-order valence-electron chi connectivity index (χ1n) is 9.19. The molecular weight excluding hydrogens is 338 g/mol. The van der Waals surface area contributed by atoms with Crippen LogP contribution in [0, 0.1) is 12.8 Å². The van der Waals surface area contributed by atoms with Gasteiger partial charge >= 0.3 is 0 Å². The third-order valence-electron chi connectivity index (χ3n) is 4.81. The Labute approximate surface area is 160 Å². The number of rotatable bonds is 6. The van der Waals surface area contributed by atoms with Gasteiger partial charge in [0, 0.05) is 17.8 Å². The van der Waals surface area contributed by atoms with Crippen molar-refractivity contribution in [1.82, 2.24) is 14.9 Å². The molecule has 1 atom stereocenters. The molecule has 0 unspecified atom stereocenters. The molecule has 3 rings (SSSR count). The lowest BCUT2D eigenvalue weighted by Crippen LogP contribution is -2.41. The Hall–Kier alpha value is -2.95. The Morgan fingerprint density at radius 3 is 2.48 bits per heavy atom. The lowest BCUT2D eigenvalue weighted by Gasteiger charge is -2.31. The van der Waals surface area contributed by atoms with Crippen LogP contribution in [0.5, 0.6) is 0 Å². The SMILES string of the molecule is Cc1ncc(C(=O)N(Cc2ccco2)[C@@H](C)C(C)C)c(-c2ccccc2)n1. The Morgan fingerprint density at radius 1 is 1.11 bits per heavy atom. The molecule has 0 aliphatic rings. The van der Waals surface area contributed by atoms with Gasteiger partial charge < -0.3 is 9.32 Å². The molecule has 0 aliphatic carbocycles. The summed E-state index contributed by atoms with van der Waals surface area (Å²) >= 11 is 0. The van der Waals surface area contributed by atoms with Crippen molar-refractivity contribution in [3.8, 4) is 11.3 Å². The molecule has 27 heavy (non-hydrogen) atoms. The van der Waals surface area contributed by atoms with E-state index in [0.717, 1.165) is 11.3 Å². The fourth-order valence-corrected chi connectivity index (χ4v) is 2.93. The highest BCUT2D eigenvalue weighted by molar-refractivity contribution is 5.99. The minimum absolute atomic E-state index is 0.0347. The Morgan fingerprint density at radius 2 is 1.85 bits per heavy atom. The van der Waals surface area contributed by atoms with Gasteiger partial charge in [-0.05, 0) is 31.9 Å². The van der Waals surface area contributed by atoms with Gasteiger partial charge in [-0.15, -0.1) is 0 Å². The van der Waals surface area contributed by atoms with E-state index in [2.05, 4.69) is 30.7 Å². The van der Waals surface area contributed by atoms with E-state index >= 15 is 0 Å². The number of benzene rings is 1. The van der Waals surface area contributed by atoms with Crippen LogP contribution in [-0.4, -0.2) is 26.8 Å². The average Bonchev–Trinajstić information content (AvgIpc) is 3.19. The fourth-order valence-electron chi connectivity index (χ4n) is 2.93. The lowest BCUT2D eigenvalue weighted by atomic mass is 10.0. The summed E-state index contributed by atoms with van der Waals surface area (Å²) in [5.41, 5.74) is 2.07. The smallest absolute Gasteiger partial charge is 0.258 e. The third-order valence-corrected chi connectivity index (χ3v) is 4.81. The summed E-state index contributed by atoms with van der Waals surface area (Å²) < 4.78 is 5.49. The molecule has 0 fully saturated rings. The van der Waals surface area contributed by atoms with Crippen molar-refractivity contribution < 1.29 is 9.21 Å². The molecule has 0 N–H and O–H groups in total. The molecule has 0 saturated carbocycles. The summed E-state index contributed by atoms with van der Waals surface area (Å²) in [6.07, 6.45) is 3.26. The van der Waals surface area contributed by atoms with E-state index in [-0.39, 0.29) is 11.9 Å². The number of nitrogens with zero attached hydrogens (tertiary/aromatic N) is 3. The first-order chi connectivity index (χ1) is 13.0. The van der Waals surface area contributed by atoms with Crippen LogP contribution in [0.25, 0.3) is 11.3 Å². The highest BCUT2D eigenvalue weighted by Crippen LogP contribution is 2.25. The van der Waals surface area contributed by atoms with E-state index < -0.39 is 0 Å². The number of aryl methyl sites for hydroxylation is 1. The first-order valence-corrected chi connectivity index (χ1v) is 9.19. The second kappa shape index (κ2) is 8.16. The van der Waals surface area contributed by atoms with E-state index in [4.69, 9.17) is 4.42 Å². The standard InChI is InChI=1S/C22H25N3O2/c1-15(2)16(3)25(14-19-11-8-12-27-19)22(26)20-13-23-17(4)24-21(20)18-9-6-5-7-10-18/h5-13,15-16H,14H2,1-4H3/t16-/m0/s1. The van der Waals surface area contributed by atoms with Crippen LogP contribution >= 0.6 is 0 Å². The highest BCUT2D eigenvalue weighted by Gasteiger charge is 2.27. The molecule has 0 bridgehead atoms. The zero-order chi connectivity index (χ0) is 19.4. The van der Waals surface area contributed by atoms with Gasteiger partial charge in [0.2, 0.25) is 0 Å². The maximum Gasteiger partial charge on any atom is 0.258 e. The number of aromatic nitrogens is 2. The van der Waals surface area contributed by atoms with Crippen molar-refractivity contribution in [2.75, 3.05) is 0 Å². The van der Waals surface area contributed by atoms with E-state index in [1.807, 2.05) is 54.3 Å². The molecule has 2 heterocycles. The van der Waals surface area contributed by atoms with E-state index in [0.29, 0.717) is 29.5 Å². The molecule has 2 aromatic heterocycles. The van der Waals surface area contributed by atoms with Crippen molar-refractivity contribution >= 4 is 5.91 Å². The minimum Gasteiger partial charge on any atom is -0.467 e. The number of amides is 1. The van der Waals surface area contributed by atoms with Crippen molar-refractivity contribution in [2.24, 2.45) is 5.92 Å². The van der Waals surface area contributed by atoms with Crippen molar-refractivity contribution in [3.63, 3.8) is 0 Å². The maximum atomic E-state index is 13.5. The first kappa shape index (κ1) is 18.8. The number of hydrogen-bond donors (Lipinski definition) is 0. The maximum absolute atomic E-state index is 13.5. The largest absolute Gasteiger partial charge is 0.467 e. The van der Waals surface area contributed by atoms with Crippen LogP contribution in [0.15, 0.2) is 59.3 Å². The number of carbonyl (C=O) groups is 1. The predicted molar refractivity (Wildman–Crippen MR) is 105 cm³/mol. The van der Waals surface area contributed by atoms with Crippen LogP contribution in [0.3, 0.4) is 0 Å². The Kier molecular flexibility index (Phi) is 5.69. The predicted octanol–water partition coefficient (Wildman–Crippen LogP) is 4.73. The summed E-state index contributed by atoms with van der Waals surface area (Å²) in [4.78, 5) is 24.2. The highest BCUT2D eigenvalue weighted by atomic mass is 16.3. The lowest BCUT2D eigenvalue weighted by molar-refractivity contribution is 0.0611. The molecule has 3 aromatic rings. The molecule has 140 valence electrons. The van der Waals surface area contributed by atoms with Gasteiger partial charge in [0.05, 0.1) is 24.1 Å². The Bertz CT molecular complexity index is 889. The van der Waals surface area contributed by atoms with Gasteiger partial charge in [0.15, 0.2) is 0 Å². The van der Waals surface area contributed by atoms with Crippen LogP contribution in [0.2, 0.25) is 0 Å². The zero-order valence-corrected chi connectivity index (χ0v) is 16.2. The molecule has 1 aromatic carbocycles. The molecule has 0 aliphatic heterocycles. The van der Waals surface area contributed by atoms with Gasteiger partial charge in [-0.2, -0.15) is 0 Å². The fraction of sp³-hybridized carbons (Fsp3) is 0.318. The topological polar surface area (TPSA) is 59.2 Å². The number of furan rings is 1. The molecule has 0 radical (unpaired) electrons. The zero-order valence-electron chi connectivity index (χ0n) is 16.2. The molecule has 5 heteroatoms. The van der Waals surface area contributed by atoms with Crippen LogP contribution < -0.4 is 0 Å². The summed E-state index contributed by atoms with van der Waals surface area (Å²) in [7, 11) is 0. The minimum atomic E-state index is -0.0912. The second-order valence-electron chi connectivity index (χ2n) is 7.04. The quantitative estimate of drug-likeness (QED) is 0.635. The van der Waals surface area contributed by atoms with Crippen molar-refractivity contribution in [1.29, 1.82) is 0 Å². The summed E-state index contributed by atoms with van der Waals surface area (Å²) in [6, 6.07) is 13.5. The molecule has 0 saturated heterocycles. The van der Waals surface area contributed by atoms with Crippen molar-refractivity contribution in [2.45, 2.75) is 40.3 Å². The summed E-state index contributed by atoms with van der Waals surface area (Å²) in [6.45, 7) is 8.52. The van der Waals surface area contributed by atoms with Gasteiger partial charge in [0.1, 0.15) is 11.6 Å². The number of carbonyl (C=O) groups excluding carboxylic acids is 1. The molecular formula is C22H25N3O2. The Balaban J connectivity index is 2.03. The van der Waals surface area contributed by atoms with Crippen molar-refractivity contribution in [3.05, 3.63) is 72.1 Å². The third kappa shape index (κ3) is 4.25. The van der Waals surface area contributed by atoms with E-state index in [1.165, 1.54) is 0 Å². The monoisotopic (exact) mass is 363 g/mol. The van der Waals surface area contributed by atoms with Crippen LogP contribution in [0.1, 0.15) is 42.7 Å². The van der Waals surface area contributed by atoms with E-state index in [9.17, 15) is 4.79 Å². The number of hydrogen-bond acceptors (Lipinski definition) is 4. The van der Waals surface area contributed by atoms with Gasteiger partial charge in [-0.1, -0.05) is 44.2 Å². The molecule has 0 spiro atoms. The molecule has 1 amide bonds. The van der Waals surface area contributed by atoms with Gasteiger partial charge in [-0.25, -0.2) is 9.97 Å².